The molecule has 1 heterocycles. The summed E-state index contributed by atoms with van der Waals surface area (Å²) in [6.45, 7) is 1.39. The zero-order valence-corrected chi connectivity index (χ0v) is 9.46. The molecule has 0 amide bonds. The highest BCUT2D eigenvalue weighted by molar-refractivity contribution is 5.73. The highest BCUT2D eigenvalue weighted by Crippen LogP contribution is 2.30. The largest absolute Gasteiger partial charge is 0.479 e. The molecule has 0 aliphatic rings. The Bertz CT molecular complexity index is 553. The maximum atomic E-state index is 13.2. The van der Waals surface area contributed by atoms with Crippen LogP contribution in [0, 0.1) is 5.82 Å². The standard InChI is InChI=1S/C12H10FNO4/c1-7(12(15)16)18-11-3-2-8(13)6-9(11)10-4-5-17-14-10/h2-7H,1H3,(H,15,16)/t7-/m0/s1. The lowest BCUT2D eigenvalue weighted by Crippen LogP contribution is -2.23. The van der Waals surface area contributed by atoms with Crippen molar-refractivity contribution in [3.05, 3.63) is 36.3 Å². The van der Waals surface area contributed by atoms with Gasteiger partial charge in [-0.05, 0) is 25.1 Å². The summed E-state index contributed by atoms with van der Waals surface area (Å²) in [4.78, 5) is 10.7. The normalized spacial score (nSPS) is 12.1. The fourth-order valence-corrected chi connectivity index (χ4v) is 1.40. The number of ether oxygens (including phenoxy) is 1. The van der Waals surface area contributed by atoms with Crippen molar-refractivity contribution in [3.8, 4) is 17.0 Å². The maximum Gasteiger partial charge on any atom is 0.344 e. The van der Waals surface area contributed by atoms with Gasteiger partial charge in [-0.2, -0.15) is 0 Å². The van der Waals surface area contributed by atoms with Gasteiger partial charge < -0.3 is 14.4 Å². The van der Waals surface area contributed by atoms with E-state index < -0.39 is 17.9 Å². The highest BCUT2D eigenvalue weighted by Gasteiger charge is 2.17. The van der Waals surface area contributed by atoms with E-state index in [1.807, 2.05) is 0 Å². The monoisotopic (exact) mass is 251 g/mol. The van der Waals surface area contributed by atoms with Crippen LogP contribution in [0.25, 0.3) is 11.3 Å². The molecule has 0 spiro atoms. The molecule has 0 saturated heterocycles. The molecule has 94 valence electrons. The van der Waals surface area contributed by atoms with Crippen LogP contribution < -0.4 is 4.74 Å². The van der Waals surface area contributed by atoms with Crippen molar-refractivity contribution in [2.24, 2.45) is 0 Å². The lowest BCUT2D eigenvalue weighted by Gasteiger charge is -2.13. The first-order valence-corrected chi connectivity index (χ1v) is 5.17. The first-order chi connectivity index (χ1) is 8.58. The molecular formula is C12H10FNO4. The number of benzene rings is 1. The highest BCUT2D eigenvalue weighted by atomic mass is 19.1. The molecule has 0 fully saturated rings. The molecule has 0 unspecified atom stereocenters. The third kappa shape index (κ3) is 2.48. The topological polar surface area (TPSA) is 72.6 Å². The lowest BCUT2D eigenvalue weighted by molar-refractivity contribution is -0.144. The third-order valence-corrected chi connectivity index (χ3v) is 2.31. The lowest BCUT2D eigenvalue weighted by atomic mass is 10.1. The second-order valence-electron chi connectivity index (χ2n) is 3.62. The number of halogens is 1. The van der Waals surface area contributed by atoms with Crippen molar-refractivity contribution >= 4 is 5.97 Å². The molecule has 18 heavy (non-hydrogen) atoms. The molecule has 1 aromatic carbocycles. The Kier molecular flexibility index (Phi) is 3.27. The fourth-order valence-electron chi connectivity index (χ4n) is 1.40. The Labute approximate surface area is 102 Å². The van der Waals surface area contributed by atoms with Gasteiger partial charge in [0.25, 0.3) is 0 Å². The van der Waals surface area contributed by atoms with Gasteiger partial charge >= 0.3 is 5.97 Å². The van der Waals surface area contributed by atoms with Gasteiger partial charge in [0, 0.05) is 11.6 Å². The van der Waals surface area contributed by atoms with Crippen molar-refractivity contribution in [3.63, 3.8) is 0 Å². The number of hydrogen-bond acceptors (Lipinski definition) is 4. The van der Waals surface area contributed by atoms with Crippen LogP contribution in [-0.4, -0.2) is 22.3 Å². The quantitative estimate of drug-likeness (QED) is 0.902. The average Bonchev–Trinajstić information content (AvgIpc) is 2.84. The van der Waals surface area contributed by atoms with Gasteiger partial charge in [0.05, 0.1) is 0 Å². The second kappa shape index (κ2) is 4.87. The van der Waals surface area contributed by atoms with Crippen LogP contribution in [-0.2, 0) is 4.79 Å². The van der Waals surface area contributed by atoms with Crippen molar-refractivity contribution in [2.75, 3.05) is 0 Å². The molecule has 0 aliphatic carbocycles. The van der Waals surface area contributed by atoms with Crippen LogP contribution >= 0.6 is 0 Å². The molecule has 1 atom stereocenters. The molecule has 0 radical (unpaired) electrons. The summed E-state index contributed by atoms with van der Waals surface area (Å²) in [5.74, 6) is -1.34. The number of aromatic nitrogens is 1. The fraction of sp³-hybridized carbons (Fsp3) is 0.167. The Morgan fingerprint density at radius 1 is 1.50 bits per heavy atom. The van der Waals surface area contributed by atoms with E-state index in [-0.39, 0.29) is 5.75 Å². The molecular weight excluding hydrogens is 241 g/mol. The zero-order valence-electron chi connectivity index (χ0n) is 9.46. The van der Waals surface area contributed by atoms with E-state index in [0.717, 1.165) is 0 Å². The minimum absolute atomic E-state index is 0.236. The van der Waals surface area contributed by atoms with E-state index >= 15 is 0 Å². The summed E-state index contributed by atoms with van der Waals surface area (Å²) in [7, 11) is 0. The molecule has 1 N–H and O–H groups in total. The molecule has 0 bridgehead atoms. The summed E-state index contributed by atoms with van der Waals surface area (Å²) in [6, 6.07) is 5.29. The number of aliphatic carboxylic acids is 1. The van der Waals surface area contributed by atoms with Gasteiger partial charge in [0.15, 0.2) is 6.10 Å². The maximum absolute atomic E-state index is 13.2. The summed E-state index contributed by atoms with van der Waals surface area (Å²) in [6.07, 6.45) is 0.297. The van der Waals surface area contributed by atoms with E-state index in [1.54, 1.807) is 0 Å². The zero-order chi connectivity index (χ0) is 13.1. The second-order valence-corrected chi connectivity index (χ2v) is 3.62. The molecule has 0 aliphatic heterocycles. The predicted octanol–water partition coefficient (Wildman–Crippen LogP) is 2.33. The first-order valence-electron chi connectivity index (χ1n) is 5.17. The van der Waals surface area contributed by atoms with Crippen molar-refractivity contribution in [1.82, 2.24) is 5.16 Å². The number of rotatable bonds is 4. The van der Waals surface area contributed by atoms with Gasteiger partial charge in [-0.3, -0.25) is 0 Å². The smallest absolute Gasteiger partial charge is 0.344 e. The van der Waals surface area contributed by atoms with Gasteiger partial charge in [-0.1, -0.05) is 5.16 Å². The summed E-state index contributed by atoms with van der Waals surface area (Å²) in [5.41, 5.74) is 0.721. The molecule has 1 aromatic heterocycles. The first kappa shape index (κ1) is 12.1. The molecule has 5 nitrogen and oxygen atoms in total. The van der Waals surface area contributed by atoms with Gasteiger partial charge in [0.1, 0.15) is 23.5 Å². The molecule has 2 aromatic rings. The van der Waals surface area contributed by atoms with Crippen LogP contribution in [0.5, 0.6) is 5.75 Å². The van der Waals surface area contributed by atoms with E-state index in [2.05, 4.69) is 9.68 Å². The van der Waals surface area contributed by atoms with E-state index in [9.17, 15) is 9.18 Å². The number of hydrogen-bond donors (Lipinski definition) is 1. The van der Waals surface area contributed by atoms with Crippen LogP contribution in [0.2, 0.25) is 0 Å². The van der Waals surface area contributed by atoms with Gasteiger partial charge in [0.2, 0.25) is 0 Å². The van der Waals surface area contributed by atoms with E-state index in [4.69, 9.17) is 9.84 Å². The van der Waals surface area contributed by atoms with Crippen molar-refractivity contribution in [1.29, 1.82) is 0 Å². The number of carboxylic acid groups (broad SMARTS) is 1. The minimum atomic E-state index is -1.11. The van der Waals surface area contributed by atoms with Crippen LogP contribution in [0.3, 0.4) is 0 Å². The number of carboxylic acids is 1. The number of carbonyl (C=O) groups is 1. The number of nitrogens with zero attached hydrogens (tertiary/aromatic N) is 1. The Hall–Kier alpha value is -2.37. The summed E-state index contributed by atoms with van der Waals surface area (Å²) < 4.78 is 23.1. The van der Waals surface area contributed by atoms with E-state index in [0.29, 0.717) is 11.3 Å². The SMILES string of the molecule is C[C@H](Oc1ccc(F)cc1-c1ccon1)C(=O)O. The predicted molar refractivity (Wildman–Crippen MR) is 59.6 cm³/mol. The Morgan fingerprint density at radius 2 is 2.28 bits per heavy atom. The Balaban J connectivity index is 2.38. The van der Waals surface area contributed by atoms with Crippen molar-refractivity contribution in [2.45, 2.75) is 13.0 Å². The third-order valence-electron chi connectivity index (χ3n) is 2.31. The minimum Gasteiger partial charge on any atom is -0.479 e. The molecule has 2 rings (SSSR count). The van der Waals surface area contributed by atoms with Gasteiger partial charge in [-0.25, -0.2) is 9.18 Å². The van der Waals surface area contributed by atoms with Crippen molar-refractivity contribution < 1.29 is 23.6 Å². The summed E-state index contributed by atoms with van der Waals surface area (Å²) in [5, 5.41) is 12.5. The van der Waals surface area contributed by atoms with Crippen LogP contribution in [0.4, 0.5) is 4.39 Å². The van der Waals surface area contributed by atoms with Gasteiger partial charge in [-0.15, -0.1) is 0 Å². The molecule has 0 saturated carbocycles. The Morgan fingerprint density at radius 3 is 2.89 bits per heavy atom. The molecule has 6 heteroatoms. The van der Waals surface area contributed by atoms with Crippen LogP contribution in [0.1, 0.15) is 6.92 Å². The average molecular weight is 251 g/mol. The van der Waals surface area contributed by atoms with Crippen LogP contribution in [0.15, 0.2) is 35.1 Å². The summed E-state index contributed by atoms with van der Waals surface area (Å²) >= 11 is 0. The van der Waals surface area contributed by atoms with E-state index in [1.165, 1.54) is 37.5 Å².